The fourth-order valence-electron chi connectivity index (χ4n) is 4.10. The molecule has 1 aromatic carbocycles. The van der Waals surface area contributed by atoms with Crippen molar-refractivity contribution >= 4 is 34.2 Å². The van der Waals surface area contributed by atoms with Gasteiger partial charge >= 0.3 is 0 Å². The second kappa shape index (κ2) is 7.30. The summed E-state index contributed by atoms with van der Waals surface area (Å²) in [4.78, 5) is 36.9. The highest BCUT2D eigenvalue weighted by Gasteiger charge is 2.46. The van der Waals surface area contributed by atoms with E-state index >= 15 is 0 Å². The van der Waals surface area contributed by atoms with Gasteiger partial charge < -0.3 is 15.2 Å². The number of benzene rings is 1. The number of fused-ring (bicyclic) bond motifs is 1. The van der Waals surface area contributed by atoms with Gasteiger partial charge in [-0.2, -0.15) is 0 Å². The molecule has 150 valence electrons. The number of thiophene rings is 1. The third-order valence-corrected chi connectivity index (χ3v) is 7.16. The number of imidazole rings is 1. The van der Waals surface area contributed by atoms with Crippen LogP contribution in [0.1, 0.15) is 58.5 Å². The number of H-pyrrole nitrogens is 1. The van der Waals surface area contributed by atoms with Crippen molar-refractivity contribution in [2.45, 2.75) is 38.1 Å². The average Bonchev–Trinajstić information content (AvgIpc) is 3.16. The third-order valence-electron chi connectivity index (χ3n) is 5.90. The van der Waals surface area contributed by atoms with Crippen molar-refractivity contribution in [3.63, 3.8) is 0 Å². The first-order chi connectivity index (χ1) is 14.1. The van der Waals surface area contributed by atoms with Crippen LogP contribution in [0.25, 0.3) is 11.0 Å². The summed E-state index contributed by atoms with van der Waals surface area (Å²) in [5, 5.41) is 3.12. The number of rotatable bonds is 5. The first-order valence-corrected chi connectivity index (χ1v) is 11.1. The molecule has 2 aromatic heterocycles. The van der Waals surface area contributed by atoms with Crippen LogP contribution in [0.5, 0.6) is 0 Å². The molecule has 3 heterocycles. The highest BCUT2D eigenvalue weighted by molar-refractivity contribution is 7.14. The van der Waals surface area contributed by atoms with E-state index in [0.717, 1.165) is 59.0 Å². The number of nitrogens with zero attached hydrogens (tertiary/aromatic N) is 2. The van der Waals surface area contributed by atoms with Crippen molar-refractivity contribution in [1.82, 2.24) is 20.2 Å². The number of likely N-dealkylation sites (tertiary alicyclic amines) is 1. The monoisotopic (exact) mass is 408 g/mol. The molecule has 2 N–H and O–H groups in total. The maximum Gasteiger partial charge on any atom is 0.263 e. The van der Waals surface area contributed by atoms with E-state index in [4.69, 9.17) is 0 Å². The molecule has 7 heteroatoms. The van der Waals surface area contributed by atoms with E-state index in [-0.39, 0.29) is 29.7 Å². The molecule has 0 bridgehead atoms. The molecule has 2 fully saturated rings. The van der Waals surface area contributed by atoms with Crippen LogP contribution in [-0.2, 0) is 4.79 Å². The summed E-state index contributed by atoms with van der Waals surface area (Å²) in [6, 6.07) is 11.7. The van der Waals surface area contributed by atoms with Crippen LogP contribution in [0.2, 0.25) is 0 Å². The normalized spacial score (nSPS) is 22.0. The Kier molecular flexibility index (Phi) is 4.62. The van der Waals surface area contributed by atoms with Crippen molar-refractivity contribution in [2.24, 2.45) is 5.92 Å². The number of hydrogen-bond acceptors (Lipinski definition) is 4. The Morgan fingerprint density at radius 2 is 2.00 bits per heavy atom. The number of carbonyl (C=O) groups is 2. The number of nitrogens with one attached hydrogen (secondary N) is 2. The van der Waals surface area contributed by atoms with Crippen LogP contribution in [0.3, 0.4) is 0 Å². The molecule has 1 aliphatic carbocycles. The number of carbonyl (C=O) groups excluding carboxylic acids is 2. The summed E-state index contributed by atoms with van der Waals surface area (Å²) in [6.07, 6.45) is 3.00. The van der Waals surface area contributed by atoms with Gasteiger partial charge in [0.05, 0.1) is 22.0 Å². The van der Waals surface area contributed by atoms with Gasteiger partial charge in [0.15, 0.2) is 0 Å². The number of para-hydroxylation sites is 2. The Morgan fingerprint density at radius 3 is 2.79 bits per heavy atom. The molecular formula is C22H24N4O2S. The molecule has 1 saturated heterocycles. The first kappa shape index (κ1) is 18.4. The van der Waals surface area contributed by atoms with E-state index in [1.165, 1.54) is 11.3 Å². The molecule has 5 rings (SSSR count). The minimum Gasteiger partial charge on any atom is -0.349 e. The molecule has 0 radical (unpaired) electrons. The fourth-order valence-corrected chi connectivity index (χ4v) is 5.08. The van der Waals surface area contributed by atoms with Crippen LogP contribution in [0, 0.1) is 5.92 Å². The van der Waals surface area contributed by atoms with Crippen LogP contribution >= 0.6 is 11.3 Å². The predicted octanol–water partition coefficient (Wildman–Crippen LogP) is 3.84. The topological polar surface area (TPSA) is 78.1 Å². The lowest BCUT2D eigenvalue weighted by atomic mass is 10.2. The van der Waals surface area contributed by atoms with Crippen molar-refractivity contribution in [2.75, 3.05) is 13.1 Å². The van der Waals surface area contributed by atoms with E-state index in [2.05, 4.69) is 15.3 Å². The van der Waals surface area contributed by atoms with Gasteiger partial charge in [0.2, 0.25) is 5.91 Å². The molecule has 2 amide bonds. The minimum absolute atomic E-state index is 0.0383. The van der Waals surface area contributed by atoms with Gasteiger partial charge in [0.1, 0.15) is 5.82 Å². The number of hydrogen-bond donors (Lipinski definition) is 2. The molecule has 1 aliphatic heterocycles. The molecule has 1 saturated carbocycles. The molecule has 1 unspecified atom stereocenters. The molecule has 29 heavy (non-hydrogen) atoms. The van der Waals surface area contributed by atoms with Crippen molar-refractivity contribution in [3.05, 3.63) is 52.0 Å². The smallest absolute Gasteiger partial charge is 0.263 e. The standard InChI is InChI=1S/C22H24N4O2S/c1-13(18-8-9-19(29-18)22(28)26-10-4-5-11-26)23-21(27)15-12-14(15)20-24-16-6-2-3-7-17(16)25-20/h2-3,6-9,13-15H,4-5,10-12H2,1H3,(H,23,27)(H,24,25)/t13?,14-,15-/m0/s1. The summed E-state index contributed by atoms with van der Waals surface area (Å²) in [6.45, 7) is 3.68. The first-order valence-electron chi connectivity index (χ1n) is 10.2. The number of aromatic nitrogens is 2. The zero-order chi connectivity index (χ0) is 20.0. The van der Waals surface area contributed by atoms with Crippen LogP contribution in [0.4, 0.5) is 0 Å². The van der Waals surface area contributed by atoms with Gasteiger partial charge in [-0.1, -0.05) is 12.1 Å². The lowest BCUT2D eigenvalue weighted by Gasteiger charge is -2.14. The number of amides is 2. The molecule has 3 aromatic rings. The highest BCUT2D eigenvalue weighted by Crippen LogP contribution is 2.47. The second-order valence-corrected chi connectivity index (χ2v) is 9.13. The van der Waals surface area contributed by atoms with Crippen LogP contribution < -0.4 is 5.32 Å². The van der Waals surface area contributed by atoms with E-state index in [9.17, 15) is 9.59 Å². The number of aromatic amines is 1. The average molecular weight is 409 g/mol. The maximum absolute atomic E-state index is 12.7. The van der Waals surface area contributed by atoms with E-state index in [1.807, 2.05) is 48.2 Å². The molecule has 2 aliphatic rings. The Balaban J connectivity index is 1.20. The maximum atomic E-state index is 12.7. The Labute approximate surface area is 173 Å². The Hall–Kier alpha value is -2.67. The summed E-state index contributed by atoms with van der Waals surface area (Å²) in [5.41, 5.74) is 1.95. The van der Waals surface area contributed by atoms with Crippen molar-refractivity contribution < 1.29 is 9.59 Å². The molecular weight excluding hydrogens is 384 g/mol. The Morgan fingerprint density at radius 1 is 1.21 bits per heavy atom. The second-order valence-electron chi connectivity index (χ2n) is 8.02. The van der Waals surface area contributed by atoms with E-state index < -0.39 is 0 Å². The van der Waals surface area contributed by atoms with E-state index in [1.54, 1.807) is 0 Å². The molecule has 0 spiro atoms. The summed E-state index contributed by atoms with van der Waals surface area (Å²) in [7, 11) is 0. The fraction of sp³-hybridized carbons (Fsp3) is 0.409. The van der Waals surface area contributed by atoms with Crippen molar-refractivity contribution in [1.29, 1.82) is 0 Å². The highest BCUT2D eigenvalue weighted by atomic mass is 32.1. The van der Waals surface area contributed by atoms with Crippen LogP contribution in [-0.4, -0.2) is 39.8 Å². The summed E-state index contributed by atoms with van der Waals surface area (Å²) in [5.74, 6) is 1.19. The van der Waals surface area contributed by atoms with Crippen LogP contribution in [0.15, 0.2) is 36.4 Å². The van der Waals surface area contributed by atoms with Gasteiger partial charge in [0, 0.05) is 29.8 Å². The SMILES string of the molecule is CC(NC(=O)[C@H]1C[C@@H]1c1nc2ccccc2[nH]1)c1ccc(C(=O)N2CCCC2)s1. The summed E-state index contributed by atoms with van der Waals surface area (Å²) < 4.78 is 0. The molecule has 3 atom stereocenters. The minimum atomic E-state index is -0.107. The summed E-state index contributed by atoms with van der Waals surface area (Å²) >= 11 is 1.49. The van der Waals surface area contributed by atoms with Gasteiger partial charge in [-0.25, -0.2) is 4.98 Å². The van der Waals surface area contributed by atoms with E-state index in [0.29, 0.717) is 0 Å². The van der Waals surface area contributed by atoms with Gasteiger partial charge in [0.25, 0.3) is 5.91 Å². The van der Waals surface area contributed by atoms with Gasteiger partial charge in [-0.05, 0) is 50.5 Å². The quantitative estimate of drug-likeness (QED) is 0.673. The largest absolute Gasteiger partial charge is 0.349 e. The van der Waals surface area contributed by atoms with Gasteiger partial charge in [-0.15, -0.1) is 11.3 Å². The predicted molar refractivity (Wildman–Crippen MR) is 113 cm³/mol. The van der Waals surface area contributed by atoms with Crippen molar-refractivity contribution in [3.8, 4) is 0 Å². The molecule has 6 nitrogen and oxygen atoms in total. The zero-order valence-corrected chi connectivity index (χ0v) is 17.2. The zero-order valence-electron chi connectivity index (χ0n) is 16.4. The Bertz CT molecular complexity index is 1030. The van der Waals surface area contributed by atoms with Gasteiger partial charge in [-0.3, -0.25) is 9.59 Å². The lowest BCUT2D eigenvalue weighted by molar-refractivity contribution is -0.123. The lowest BCUT2D eigenvalue weighted by Crippen LogP contribution is -2.28. The third kappa shape index (κ3) is 3.55.